The molecule has 0 saturated heterocycles. The zero-order valence-electron chi connectivity index (χ0n) is 23.8. The minimum atomic E-state index is -3.77. The monoisotopic (exact) mass is 615 g/mol. The van der Waals surface area contributed by atoms with Gasteiger partial charge in [0.25, 0.3) is 15.9 Å². The Kier molecular flexibility index (Phi) is 10.2. The van der Waals surface area contributed by atoms with Crippen LogP contribution >= 0.6 is 15.9 Å². The van der Waals surface area contributed by atoms with Crippen LogP contribution in [0.5, 0.6) is 5.75 Å². The highest BCUT2D eigenvalue weighted by molar-refractivity contribution is 9.10. The Hall–Kier alpha value is -2.88. The summed E-state index contributed by atoms with van der Waals surface area (Å²) < 4.78 is 35.2. The minimum Gasteiger partial charge on any atom is -0.484 e. The molecule has 0 fully saturated rings. The van der Waals surface area contributed by atoms with Crippen LogP contribution in [-0.2, 0) is 21.4 Å². The van der Waals surface area contributed by atoms with Crippen LogP contribution in [0.3, 0.4) is 0 Å². The van der Waals surface area contributed by atoms with E-state index in [1.165, 1.54) is 4.31 Å². The van der Waals surface area contributed by atoms with Crippen molar-refractivity contribution in [1.82, 2.24) is 9.80 Å². The summed E-state index contributed by atoms with van der Waals surface area (Å²) in [6, 6.07) is 16.7. The van der Waals surface area contributed by atoms with E-state index in [1.54, 1.807) is 36.2 Å². The Morgan fingerprint density at radius 2 is 1.41 bits per heavy atom. The summed E-state index contributed by atoms with van der Waals surface area (Å²) in [5, 5.41) is 0. The van der Waals surface area contributed by atoms with Crippen molar-refractivity contribution in [2.75, 3.05) is 45.1 Å². The molecule has 0 aliphatic rings. The van der Waals surface area contributed by atoms with Crippen molar-refractivity contribution in [2.45, 2.75) is 39.1 Å². The van der Waals surface area contributed by atoms with Gasteiger partial charge in [-0.2, -0.15) is 0 Å². The number of carbonyl (C=O) groups excluding carboxylic acids is 1. The molecule has 39 heavy (non-hydrogen) atoms. The van der Waals surface area contributed by atoms with E-state index in [4.69, 9.17) is 4.74 Å². The standard InChI is InChI=1S/C30H38BrN3O4S/c1-21-18-22(2)24(4)30(23(21)3)39(36,37)33(7)27-12-14-28(15-13-27)38-20-29(35)34(17-16-32(5)6)19-25-8-10-26(31)11-9-25/h8-15,18H,16-17,19-20H2,1-7H3. The minimum absolute atomic E-state index is 0.113. The Bertz CT molecular complexity index is 1380. The molecule has 0 bridgehead atoms. The van der Waals surface area contributed by atoms with E-state index in [2.05, 4.69) is 15.9 Å². The number of likely N-dealkylation sites (N-methyl/N-ethyl adjacent to an activating group) is 1. The van der Waals surface area contributed by atoms with Gasteiger partial charge in [-0.15, -0.1) is 0 Å². The van der Waals surface area contributed by atoms with E-state index in [0.717, 1.165) is 38.8 Å². The van der Waals surface area contributed by atoms with Gasteiger partial charge in [-0.3, -0.25) is 9.10 Å². The van der Waals surface area contributed by atoms with Crippen LogP contribution in [0.1, 0.15) is 27.8 Å². The molecule has 0 aromatic heterocycles. The maximum atomic E-state index is 13.6. The van der Waals surface area contributed by atoms with E-state index in [9.17, 15) is 13.2 Å². The van der Waals surface area contributed by atoms with Crippen molar-refractivity contribution < 1.29 is 17.9 Å². The molecular weight excluding hydrogens is 578 g/mol. The first kappa shape index (κ1) is 30.7. The lowest BCUT2D eigenvalue weighted by Crippen LogP contribution is -2.39. The third kappa shape index (κ3) is 7.62. The molecule has 210 valence electrons. The third-order valence-electron chi connectivity index (χ3n) is 6.93. The van der Waals surface area contributed by atoms with E-state index < -0.39 is 10.0 Å². The first-order chi connectivity index (χ1) is 18.3. The smallest absolute Gasteiger partial charge is 0.264 e. The van der Waals surface area contributed by atoms with Crippen LogP contribution in [0.4, 0.5) is 5.69 Å². The van der Waals surface area contributed by atoms with Gasteiger partial charge in [0.05, 0.1) is 10.6 Å². The number of amides is 1. The first-order valence-electron chi connectivity index (χ1n) is 12.8. The van der Waals surface area contributed by atoms with Crippen molar-refractivity contribution in [3.63, 3.8) is 0 Å². The average molecular weight is 617 g/mol. The number of ether oxygens (including phenoxy) is 1. The maximum Gasteiger partial charge on any atom is 0.264 e. The summed E-state index contributed by atoms with van der Waals surface area (Å²) in [6.45, 7) is 9.22. The van der Waals surface area contributed by atoms with E-state index in [1.807, 2.05) is 77.0 Å². The van der Waals surface area contributed by atoms with Gasteiger partial charge in [0.15, 0.2) is 6.61 Å². The van der Waals surface area contributed by atoms with Crippen LogP contribution in [0.25, 0.3) is 0 Å². The molecule has 7 nitrogen and oxygen atoms in total. The first-order valence-corrected chi connectivity index (χ1v) is 15.0. The average Bonchev–Trinajstić information content (AvgIpc) is 2.89. The van der Waals surface area contributed by atoms with Crippen molar-refractivity contribution in [3.8, 4) is 5.75 Å². The number of hydrogen-bond donors (Lipinski definition) is 0. The molecule has 0 aliphatic carbocycles. The Labute approximate surface area is 241 Å². The van der Waals surface area contributed by atoms with Gasteiger partial charge in [0.1, 0.15) is 5.75 Å². The number of rotatable bonds is 11. The summed E-state index contributed by atoms with van der Waals surface area (Å²) in [6.07, 6.45) is 0. The van der Waals surface area contributed by atoms with Crippen molar-refractivity contribution in [1.29, 1.82) is 0 Å². The Balaban J connectivity index is 1.71. The number of nitrogens with zero attached hydrogens (tertiary/aromatic N) is 3. The van der Waals surface area contributed by atoms with Crippen molar-refractivity contribution >= 4 is 37.5 Å². The molecule has 1 amide bonds. The Morgan fingerprint density at radius 3 is 1.95 bits per heavy atom. The van der Waals surface area contributed by atoms with Crippen molar-refractivity contribution in [2.24, 2.45) is 0 Å². The van der Waals surface area contributed by atoms with E-state index in [-0.39, 0.29) is 12.5 Å². The SMILES string of the molecule is Cc1cc(C)c(C)c(S(=O)(=O)N(C)c2ccc(OCC(=O)N(CCN(C)C)Cc3ccc(Br)cc3)cc2)c1C. The molecule has 0 N–H and O–H groups in total. The topological polar surface area (TPSA) is 70.2 Å². The van der Waals surface area contributed by atoms with Crippen LogP contribution in [-0.4, -0.2) is 65.0 Å². The quantitative estimate of drug-likeness (QED) is 0.286. The summed E-state index contributed by atoms with van der Waals surface area (Å²) in [5.41, 5.74) is 4.94. The Morgan fingerprint density at radius 1 is 0.846 bits per heavy atom. The molecule has 0 spiro atoms. The van der Waals surface area contributed by atoms with Crippen LogP contribution in [0, 0.1) is 27.7 Å². The van der Waals surface area contributed by atoms with Gasteiger partial charge in [0.2, 0.25) is 0 Å². The molecular formula is C30H38BrN3O4S. The highest BCUT2D eigenvalue weighted by Gasteiger charge is 2.27. The molecule has 0 saturated carbocycles. The highest BCUT2D eigenvalue weighted by Crippen LogP contribution is 2.31. The van der Waals surface area contributed by atoms with Gasteiger partial charge in [0, 0.05) is 31.2 Å². The summed E-state index contributed by atoms with van der Waals surface area (Å²) >= 11 is 3.45. The predicted molar refractivity (Wildman–Crippen MR) is 161 cm³/mol. The lowest BCUT2D eigenvalue weighted by molar-refractivity contribution is -0.134. The molecule has 3 aromatic carbocycles. The fourth-order valence-electron chi connectivity index (χ4n) is 4.25. The van der Waals surface area contributed by atoms with E-state index >= 15 is 0 Å². The molecule has 0 atom stereocenters. The molecule has 3 aromatic rings. The number of carbonyl (C=O) groups is 1. The molecule has 9 heteroatoms. The van der Waals surface area contributed by atoms with Crippen molar-refractivity contribution in [3.05, 3.63) is 86.9 Å². The van der Waals surface area contributed by atoms with Gasteiger partial charge < -0.3 is 14.5 Å². The fraction of sp³-hybridized carbons (Fsp3) is 0.367. The number of halogens is 1. The van der Waals surface area contributed by atoms with Crippen LogP contribution < -0.4 is 9.04 Å². The van der Waals surface area contributed by atoms with Gasteiger partial charge in [-0.05, 0) is 106 Å². The molecule has 0 heterocycles. The fourth-order valence-corrected chi connectivity index (χ4v) is 6.29. The van der Waals surface area contributed by atoms with Gasteiger partial charge in [-0.1, -0.05) is 34.1 Å². The zero-order chi connectivity index (χ0) is 28.9. The number of hydrogen-bond acceptors (Lipinski definition) is 5. The summed E-state index contributed by atoms with van der Waals surface area (Å²) in [5.74, 6) is 0.372. The second-order valence-electron chi connectivity index (χ2n) is 10.1. The number of benzene rings is 3. The highest BCUT2D eigenvalue weighted by atomic mass is 79.9. The zero-order valence-corrected chi connectivity index (χ0v) is 26.2. The second-order valence-corrected chi connectivity index (χ2v) is 12.9. The normalized spacial score (nSPS) is 11.5. The third-order valence-corrected chi connectivity index (χ3v) is 9.52. The summed E-state index contributed by atoms with van der Waals surface area (Å²) in [7, 11) is 1.73. The lowest BCUT2D eigenvalue weighted by atomic mass is 10.0. The van der Waals surface area contributed by atoms with E-state index in [0.29, 0.717) is 29.4 Å². The molecule has 0 unspecified atom stereocenters. The largest absolute Gasteiger partial charge is 0.484 e. The second kappa shape index (κ2) is 13.0. The number of aryl methyl sites for hydroxylation is 2. The molecule has 0 radical (unpaired) electrons. The number of anilines is 1. The van der Waals surface area contributed by atoms with Crippen LogP contribution in [0.2, 0.25) is 0 Å². The van der Waals surface area contributed by atoms with Gasteiger partial charge in [-0.25, -0.2) is 8.42 Å². The lowest BCUT2D eigenvalue weighted by Gasteiger charge is -2.25. The molecule has 3 rings (SSSR count). The van der Waals surface area contributed by atoms with Gasteiger partial charge >= 0.3 is 0 Å². The number of sulfonamides is 1. The summed E-state index contributed by atoms with van der Waals surface area (Å²) in [4.78, 5) is 17.2. The maximum absolute atomic E-state index is 13.6. The molecule has 0 aliphatic heterocycles. The predicted octanol–water partition coefficient (Wildman–Crippen LogP) is 5.48. The van der Waals surface area contributed by atoms with Crippen LogP contribution in [0.15, 0.2) is 64.0 Å².